The van der Waals surface area contributed by atoms with Crippen LogP contribution in [0.15, 0.2) is 42.5 Å². The Bertz CT molecular complexity index is 452. The topological polar surface area (TPSA) is 79.2 Å². The van der Waals surface area contributed by atoms with E-state index in [9.17, 15) is 9.59 Å². The van der Waals surface area contributed by atoms with Crippen LogP contribution in [-0.2, 0) is 14.3 Å². The van der Waals surface area contributed by atoms with Gasteiger partial charge in [0.2, 0.25) is 5.91 Å². The van der Waals surface area contributed by atoms with Crippen molar-refractivity contribution in [3.8, 4) is 0 Å². The predicted octanol–water partition coefficient (Wildman–Crippen LogP) is 1.37. The van der Waals surface area contributed by atoms with E-state index in [1.807, 2.05) is 6.07 Å². The SMILES string of the molecule is COC(=O)C(=N)/C=C\C(=O)Nc1ccccc1. The fourth-order valence-electron chi connectivity index (χ4n) is 1.04. The number of hydrogen-bond acceptors (Lipinski definition) is 4. The molecular weight excluding hydrogens is 220 g/mol. The summed E-state index contributed by atoms with van der Waals surface area (Å²) in [4.78, 5) is 22.2. The number of carbonyl (C=O) groups is 2. The van der Waals surface area contributed by atoms with E-state index >= 15 is 0 Å². The van der Waals surface area contributed by atoms with Crippen LogP contribution in [0.2, 0.25) is 0 Å². The van der Waals surface area contributed by atoms with Gasteiger partial charge < -0.3 is 10.1 Å². The van der Waals surface area contributed by atoms with E-state index in [2.05, 4.69) is 10.1 Å². The van der Waals surface area contributed by atoms with Crippen LogP contribution in [0.5, 0.6) is 0 Å². The second-order valence-electron chi connectivity index (χ2n) is 3.09. The van der Waals surface area contributed by atoms with Gasteiger partial charge in [0.15, 0.2) is 0 Å². The molecule has 0 aromatic heterocycles. The lowest BCUT2D eigenvalue weighted by Gasteiger charge is -2.00. The standard InChI is InChI=1S/C12H12N2O3/c1-17-12(16)10(13)7-8-11(15)14-9-5-3-2-4-6-9/h2-8,13H,1H3,(H,14,15)/b8-7-,13-10?. The summed E-state index contributed by atoms with van der Waals surface area (Å²) in [7, 11) is 1.18. The van der Waals surface area contributed by atoms with Crippen LogP contribution in [-0.4, -0.2) is 24.7 Å². The zero-order valence-corrected chi connectivity index (χ0v) is 9.27. The van der Waals surface area contributed by atoms with Gasteiger partial charge in [-0.05, 0) is 18.2 Å². The quantitative estimate of drug-likeness (QED) is 0.467. The van der Waals surface area contributed by atoms with Gasteiger partial charge in [-0.25, -0.2) is 4.79 Å². The minimum Gasteiger partial charge on any atom is -0.464 e. The van der Waals surface area contributed by atoms with Gasteiger partial charge in [0.1, 0.15) is 5.71 Å². The lowest BCUT2D eigenvalue weighted by atomic mass is 10.3. The molecule has 0 saturated heterocycles. The first-order chi connectivity index (χ1) is 8.13. The summed E-state index contributed by atoms with van der Waals surface area (Å²) in [5, 5.41) is 9.81. The molecular formula is C12H12N2O3. The Labute approximate surface area is 98.6 Å². The average Bonchev–Trinajstić information content (AvgIpc) is 2.36. The van der Waals surface area contributed by atoms with Crippen molar-refractivity contribution in [3.63, 3.8) is 0 Å². The third-order valence-electron chi connectivity index (χ3n) is 1.85. The average molecular weight is 232 g/mol. The summed E-state index contributed by atoms with van der Waals surface area (Å²) >= 11 is 0. The van der Waals surface area contributed by atoms with Crippen molar-refractivity contribution in [1.82, 2.24) is 0 Å². The van der Waals surface area contributed by atoms with Gasteiger partial charge in [0.25, 0.3) is 0 Å². The van der Waals surface area contributed by atoms with Crippen LogP contribution in [0, 0.1) is 5.41 Å². The minimum atomic E-state index is -0.784. The monoisotopic (exact) mass is 232 g/mol. The number of amides is 1. The summed E-state index contributed by atoms with van der Waals surface area (Å²) < 4.78 is 4.32. The Balaban J connectivity index is 2.53. The number of benzene rings is 1. The molecule has 0 spiro atoms. The zero-order chi connectivity index (χ0) is 12.7. The molecule has 0 radical (unpaired) electrons. The van der Waals surface area contributed by atoms with Crippen molar-refractivity contribution in [1.29, 1.82) is 5.41 Å². The molecule has 0 saturated carbocycles. The number of ether oxygens (including phenoxy) is 1. The molecule has 1 rings (SSSR count). The van der Waals surface area contributed by atoms with Gasteiger partial charge in [-0.2, -0.15) is 0 Å². The van der Waals surface area contributed by atoms with Gasteiger partial charge in [0.05, 0.1) is 7.11 Å². The van der Waals surface area contributed by atoms with Crippen LogP contribution in [0.4, 0.5) is 5.69 Å². The van der Waals surface area contributed by atoms with Crippen LogP contribution in [0.25, 0.3) is 0 Å². The highest BCUT2D eigenvalue weighted by Crippen LogP contribution is 2.04. The Hall–Kier alpha value is -2.43. The number of hydrogen-bond donors (Lipinski definition) is 2. The van der Waals surface area contributed by atoms with Gasteiger partial charge in [-0.15, -0.1) is 0 Å². The van der Waals surface area contributed by atoms with Crippen molar-refractivity contribution < 1.29 is 14.3 Å². The first-order valence-electron chi connectivity index (χ1n) is 4.84. The molecule has 0 bridgehead atoms. The van der Waals surface area contributed by atoms with E-state index in [4.69, 9.17) is 5.41 Å². The zero-order valence-electron chi connectivity index (χ0n) is 9.27. The van der Waals surface area contributed by atoms with E-state index in [0.29, 0.717) is 5.69 Å². The van der Waals surface area contributed by atoms with Crippen molar-refractivity contribution >= 4 is 23.3 Å². The molecule has 5 nitrogen and oxygen atoms in total. The Morgan fingerprint density at radius 2 is 1.88 bits per heavy atom. The van der Waals surface area contributed by atoms with Crippen LogP contribution in [0.3, 0.4) is 0 Å². The molecule has 0 fully saturated rings. The number of methoxy groups -OCH3 is 1. The Morgan fingerprint density at radius 1 is 1.24 bits per heavy atom. The van der Waals surface area contributed by atoms with Crippen LogP contribution >= 0.6 is 0 Å². The van der Waals surface area contributed by atoms with Gasteiger partial charge >= 0.3 is 5.97 Å². The fourth-order valence-corrected chi connectivity index (χ4v) is 1.04. The van der Waals surface area contributed by atoms with E-state index in [-0.39, 0.29) is 5.71 Å². The molecule has 1 aromatic rings. The van der Waals surface area contributed by atoms with Crippen molar-refractivity contribution in [2.75, 3.05) is 12.4 Å². The number of rotatable bonds is 4. The van der Waals surface area contributed by atoms with Crippen LogP contribution in [0.1, 0.15) is 0 Å². The number of anilines is 1. The van der Waals surface area contributed by atoms with E-state index < -0.39 is 11.9 Å². The molecule has 0 aliphatic heterocycles. The highest BCUT2D eigenvalue weighted by molar-refractivity contribution is 6.40. The molecule has 2 N–H and O–H groups in total. The summed E-state index contributed by atoms with van der Waals surface area (Å²) in [5.41, 5.74) is 0.266. The number of para-hydroxylation sites is 1. The molecule has 1 aromatic carbocycles. The van der Waals surface area contributed by atoms with Gasteiger partial charge in [-0.3, -0.25) is 10.2 Å². The first-order valence-corrected chi connectivity index (χ1v) is 4.84. The van der Waals surface area contributed by atoms with Crippen LogP contribution < -0.4 is 5.32 Å². The molecule has 0 heterocycles. The second-order valence-corrected chi connectivity index (χ2v) is 3.09. The highest BCUT2D eigenvalue weighted by atomic mass is 16.5. The predicted molar refractivity (Wildman–Crippen MR) is 64.0 cm³/mol. The number of nitrogens with one attached hydrogen (secondary N) is 2. The molecule has 17 heavy (non-hydrogen) atoms. The highest BCUT2D eigenvalue weighted by Gasteiger charge is 2.05. The summed E-state index contributed by atoms with van der Waals surface area (Å²) in [5.74, 6) is -1.20. The third kappa shape index (κ3) is 4.29. The second kappa shape index (κ2) is 6.22. The largest absolute Gasteiger partial charge is 0.464 e. The smallest absolute Gasteiger partial charge is 0.355 e. The molecule has 1 amide bonds. The minimum absolute atomic E-state index is 0.379. The van der Waals surface area contributed by atoms with Gasteiger partial charge in [0, 0.05) is 11.8 Å². The number of esters is 1. The summed E-state index contributed by atoms with van der Waals surface area (Å²) in [6.07, 6.45) is 2.19. The molecule has 0 aliphatic carbocycles. The van der Waals surface area contributed by atoms with E-state index in [0.717, 1.165) is 12.2 Å². The van der Waals surface area contributed by atoms with Gasteiger partial charge in [-0.1, -0.05) is 18.2 Å². The molecule has 5 heteroatoms. The molecule has 0 aliphatic rings. The number of carbonyl (C=O) groups excluding carboxylic acids is 2. The maximum atomic E-state index is 11.4. The summed E-state index contributed by atoms with van der Waals surface area (Å²) in [6, 6.07) is 8.87. The van der Waals surface area contributed by atoms with Crippen molar-refractivity contribution in [2.45, 2.75) is 0 Å². The van der Waals surface area contributed by atoms with E-state index in [1.165, 1.54) is 7.11 Å². The lowest BCUT2D eigenvalue weighted by Crippen LogP contribution is -2.13. The third-order valence-corrected chi connectivity index (χ3v) is 1.85. The summed E-state index contributed by atoms with van der Waals surface area (Å²) in [6.45, 7) is 0. The Morgan fingerprint density at radius 3 is 2.47 bits per heavy atom. The van der Waals surface area contributed by atoms with Crippen molar-refractivity contribution in [3.05, 3.63) is 42.5 Å². The Kier molecular flexibility index (Phi) is 4.62. The first kappa shape index (κ1) is 12.6. The normalized spacial score (nSPS) is 9.94. The molecule has 88 valence electrons. The van der Waals surface area contributed by atoms with E-state index in [1.54, 1.807) is 24.3 Å². The maximum absolute atomic E-state index is 11.4. The molecule has 0 unspecified atom stereocenters. The fraction of sp³-hybridized carbons (Fsp3) is 0.0833. The van der Waals surface area contributed by atoms with Crippen molar-refractivity contribution in [2.24, 2.45) is 0 Å². The maximum Gasteiger partial charge on any atom is 0.355 e. The molecule has 0 atom stereocenters. The lowest BCUT2D eigenvalue weighted by molar-refractivity contribution is -0.132.